The Hall–Kier alpha value is -3.67. The number of nitrogens with zero attached hydrogens (tertiary/aromatic N) is 2. The van der Waals surface area contributed by atoms with E-state index in [1.54, 1.807) is 27.0 Å². The van der Waals surface area contributed by atoms with Gasteiger partial charge in [-0.1, -0.05) is 6.08 Å². The second-order valence-corrected chi connectivity index (χ2v) is 11.0. The van der Waals surface area contributed by atoms with Crippen molar-refractivity contribution in [3.05, 3.63) is 56.6 Å². The van der Waals surface area contributed by atoms with Crippen LogP contribution in [0.3, 0.4) is 0 Å². The maximum atomic E-state index is 13.8. The number of piperazine rings is 1. The number of ether oxygens (including phenoxy) is 3. The van der Waals surface area contributed by atoms with Crippen molar-refractivity contribution >= 4 is 29.1 Å². The molecule has 5 aliphatic rings. The molecule has 2 bridgehead atoms. The highest BCUT2D eigenvalue weighted by molar-refractivity contribution is 6.26. The van der Waals surface area contributed by atoms with Gasteiger partial charge in [-0.25, -0.2) is 4.79 Å². The zero-order chi connectivity index (χ0) is 30.1. The van der Waals surface area contributed by atoms with Crippen LogP contribution in [-0.2, 0) is 38.2 Å². The molecule has 0 aromatic heterocycles. The van der Waals surface area contributed by atoms with E-state index in [0.29, 0.717) is 5.57 Å². The summed E-state index contributed by atoms with van der Waals surface area (Å²) in [6.07, 6.45) is 0.426. The van der Waals surface area contributed by atoms with Crippen LogP contribution >= 0.6 is 0 Å². The molecular weight excluding hydrogens is 532 g/mol. The Morgan fingerprint density at radius 2 is 1.51 bits per heavy atom. The zero-order valence-electron chi connectivity index (χ0n) is 24.2. The fourth-order valence-electron chi connectivity index (χ4n) is 6.94. The Labute approximate surface area is 237 Å². The fraction of sp³-hybridized carbons (Fsp3) is 0.500. The lowest BCUT2D eigenvalue weighted by molar-refractivity contribution is -0.143. The summed E-state index contributed by atoms with van der Waals surface area (Å²) in [6, 6.07) is -2.73. The Bertz CT molecular complexity index is 1460. The number of methoxy groups -OCH3 is 2. The molecule has 3 heterocycles. The molecule has 3 aliphatic heterocycles. The first kappa shape index (κ1) is 28.8. The molecule has 0 saturated carbocycles. The maximum Gasteiger partial charge on any atom is 0.333 e. The average Bonchev–Trinajstić information content (AvgIpc) is 2.95. The molecule has 5 rings (SSSR count). The largest absolute Gasteiger partial charge is 0.492 e. The number of ketones is 4. The topological polar surface area (TPSA) is 140 Å². The summed E-state index contributed by atoms with van der Waals surface area (Å²) >= 11 is 0. The predicted molar refractivity (Wildman–Crippen MR) is 144 cm³/mol. The molecule has 5 atom stereocenters. The second-order valence-electron chi connectivity index (χ2n) is 11.0. The van der Waals surface area contributed by atoms with Crippen LogP contribution in [0.15, 0.2) is 56.6 Å². The summed E-state index contributed by atoms with van der Waals surface area (Å²) in [5.74, 6) is -2.47. The highest BCUT2D eigenvalue weighted by atomic mass is 16.5. The molecular formula is C30H34N2O9. The van der Waals surface area contributed by atoms with Crippen LogP contribution in [0.25, 0.3) is 0 Å². The van der Waals surface area contributed by atoms with Crippen molar-refractivity contribution in [3.63, 3.8) is 0 Å². The highest BCUT2D eigenvalue weighted by Gasteiger charge is 2.58. The molecule has 11 nitrogen and oxygen atoms in total. The third-order valence-corrected chi connectivity index (χ3v) is 9.19. The van der Waals surface area contributed by atoms with Gasteiger partial charge in [-0.3, -0.25) is 29.0 Å². The SMILES string of the molecule is C/C=C(/C)C(=O)OC[C@H]1C2=C(C[C@@H]3[C@@H]4C5=C(C(=O)C(C)=C(OC)C5=O)[C@@H](O)C(CN31)N4C)C(=O)C(C)=C(OC)C2=O. The third kappa shape index (κ3) is 4.01. The van der Waals surface area contributed by atoms with E-state index in [-0.39, 0.29) is 70.3 Å². The van der Waals surface area contributed by atoms with Crippen LogP contribution in [0.5, 0.6) is 0 Å². The fourth-order valence-corrected chi connectivity index (χ4v) is 6.94. The van der Waals surface area contributed by atoms with Crippen LogP contribution in [0, 0.1) is 0 Å². The van der Waals surface area contributed by atoms with E-state index in [4.69, 9.17) is 14.2 Å². The number of carbonyl (C=O) groups excluding carboxylic acids is 5. The molecule has 218 valence electrons. The Morgan fingerprint density at radius 1 is 0.927 bits per heavy atom. The predicted octanol–water partition coefficient (Wildman–Crippen LogP) is 0.733. The maximum absolute atomic E-state index is 13.8. The van der Waals surface area contributed by atoms with Crippen LogP contribution in [0.1, 0.15) is 34.1 Å². The van der Waals surface area contributed by atoms with Gasteiger partial charge in [0.25, 0.3) is 0 Å². The number of likely N-dealkylation sites (N-methyl/N-ethyl adjacent to an activating group) is 1. The van der Waals surface area contributed by atoms with Gasteiger partial charge < -0.3 is 19.3 Å². The van der Waals surface area contributed by atoms with Crippen LogP contribution in [-0.4, -0.2) is 109 Å². The quantitative estimate of drug-likeness (QED) is 0.286. The number of Topliss-reactive ketones (excluding diaryl/α,β-unsaturated/α-hetero) is 4. The molecule has 0 aromatic carbocycles. The number of aliphatic hydroxyl groups excluding tert-OH is 1. The molecule has 1 unspecified atom stereocenters. The molecule has 1 N–H and O–H groups in total. The van der Waals surface area contributed by atoms with Crippen molar-refractivity contribution in [2.45, 2.75) is 64.4 Å². The highest BCUT2D eigenvalue weighted by Crippen LogP contribution is 2.47. The summed E-state index contributed by atoms with van der Waals surface area (Å²) < 4.78 is 16.3. The van der Waals surface area contributed by atoms with Crippen molar-refractivity contribution < 1.29 is 43.3 Å². The third-order valence-electron chi connectivity index (χ3n) is 9.19. The molecule has 0 aromatic rings. The summed E-state index contributed by atoms with van der Waals surface area (Å²) in [4.78, 5) is 71.0. The van der Waals surface area contributed by atoms with E-state index in [1.165, 1.54) is 28.1 Å². The first-order chi connectivity index (χ1) is 19.4. The van der Waals surface area contributed by atoms with Crippen LogP contribution in [0.4, 0.5) is 0 Å². The molecule has 2 aliphatic carbocycles. The van der Waals surface area contributed by atoms with E-state index in [2.05, 4.69) is 0 Å². The summed E-state index contributed by atoms with van der Waals surface area (Å²) in [6.45, 7) is 6.29. The average molecular weight is 567 g/mol. The lowest BCUT2D eigenvalue weighted by Gasteiger charge is -2.59. The Kier molecular flexibility index (Phi) is 7.25. The molecule has 0 radical (unpaired) electrons. The van der Waals surface area contributed by atoms with Gasteiger partial charge in [-0.2, -0.15) is 0 Å². The molecule has 0 spiro atoms. The number of allylic oxidation sites excluding steroid dienone is 5. The number of carbonyl (C=O) groups is 5. The van der Waals surface area contributed by atoms with Gasteiger partial charge in [-0.15, -0.1) is 0 Å². The molecule has 1 fully saturated rings. The lowest BCUT2D eigenvalue weighted by atomic mass is 9.68. The monoisotopic (exact) mass is 566 g/mol. The first-order valence-electron chi connectivity index (χ1n) is 13.5. The van der Waals surface area contributed by atoms with Crippen molar-refractivity contribution in [1.82, 2.24) is 9.80 Å². The van der Waals surface area contributed by atoms with E-state index in [0.717, 1.165) is 0 Å². The molecule has 0 amide bonds. The smallest absolute Gasteiger partial charge is 0.333 e. The first-order valence-corrected chi connectivity index (χ1v) is 13.5. The minimum atomic E-state index is -1.29. The van der Waals surface area contributed by atoms with Gasteiger partial charge in [0.15, 0.2) is 23.1 Å². The van der Waals surface area contributed by atoms with Crippen molar-refractivity contribution in [2.24, 2.45) is 0 Å². The number of aliphatic hydroxyl groups is 1. The summed E-state index contributed by atoms with van der Waals surface area (Å²) in [7, 11) is 4.41. The molecule has 41 heavy (non-hydrogen) atoms. The van der Waals surface area contributed by atoms with E-state index < -0.39 is 53.6 Å². The van der Waals surface area contributed by atoms with Crippen LogP contribution in [0.2, 0.25) is 0 Å². The minimum Gasteiger partial charge on any atom is -0.492 e. The lowest BCUT2D eigenvalue weighted by Crippen LogP contribution is -2.73. The van der Waals surface area contributed by atoms with Gasteiger partial charge in [0.05, 0.1) is 38.4 Å². The zero-order valence-corrected chi connectivity index (χ0v) is 24.2. The number of hydrogen-bond acceptors (Lipinski definition) is 11. The number of rotatable bonds is 5. The number of hydrogen-bond donors (Lipinski definition) is 1. The van der Waals surface area contributed by atoms with Gasteiger partial charge in [0, 0.05) is 51.6 Å². The Morgan fingerprint density at radius 3 is 2.10 bits per heavy atom. The van der Waals surface area contributed by atoms with Gasteiger partial charge in [0.1, 0.15) is 6.61 Å². The van der Waals surface area contributed by atoms with Crippen LogP contribution < -0.4 is 0 Å². The summed E-state index contributed by atoms with van der Waals surface area (Å²) in [5.41, 5.74) is 1.33. The van der Waals surface area contributed by atoms with E-state index >= 15 is 0 Å². The van der Waals surface area contributed by atoms with Gasteiger partial charge >= 0.3 is 5.97 Å². The standard InChI is InChI=1S/C30H34N2O9/c1-8-12(2)30(38)41-11-18-19-15(23(33)13(3)28(39-6)26(19)36)9-16-22-20-21(24(34)14(4)29(40-7)27(20)37)25(35)17(31(22)5)10-32(16)18/h8,16-18,22,25,35H,9-11H2,1-7H3/b12-8-/t16-,17?,18+,22-,25+/m1/s1. The second kappa shape index (κ2) is 10.3. The van der Waals surface area contributed by atoms with Crippen molar-refractivity contribution in [2.75, 3.05) is 34.4 Å². The van der Waals surface area contributed by atoms with Gasteiger partial charge in [-0.05, 0) is 41.2 Å². The number of fused-ring (bicyclic) bond motifs is 5. The normalized spacial score (nSPS) is 30.9. The minimum absolute atomic E-state index is 0.0521. The number of esters is 1. The molecule has 1 saturated heterocycles. The summed E-state index contributed by atoms with van der Waals surface area (Å²) in [5, 5.41) is 11.5. The molecule has 11 heteroatoms. The van der Waals surface area contributed by atoms with E-state index in [9.17, 15) is 29.1 Å². The van der Waals surface area contributed by atoms with Crippen molar-refractivity contribution in [1.29, 1.82) is 0 Å². The van der Waals surface area contributed by atoms with E-state index in [1.807, 2.05) is 9.80 Å². The van der Waals surface area contributed by atoms with Gasteiger partial charge in [0.2, 0.25) is 11.6 Å². The Balaban J connectivity index is 1.66. The van der Waals surface area contributed by atoms with Crippen molar-refractivity contribution in [3.8, 4) is 0 Å².